The number of ether oxygens (including phenoxy) is 1. The normalized spacial score (nSPS) is 23.2. The van der Waals surface area contributed by atoms with Gasteiger partial charge in [-0.15, -0.1) is 0 Å². The van der Waals surface area contributed by atoms with E-state index in [4.69, 9.17) is 33.0 Å². The van der Waals surface area contributed by atoms with E-state index in [2.05, 4.69) is 4.90 Å². The largest absolute Gasteiger partial charge is 0.394 e. The van der Waals surface area contributed by atoms with Gasteiger partial charge < -0.3 is 9.84 Å². The summed E-state index contributed by atoms with van der Waals surface area (Å²) >= 11 is 12.0. The molecule has 1 fully saturated rings. The van der Waals surface area contributed by atoms with Gasteiger partial charge in [-0.3, -0.25) is 9.69 Å². The maximum Gasteiger partial charge on any atom is 0.165 e. The van der Waals surface area contributed by atoms with Crippen molar-refractivity contribution in [3.63, 3.8) is 0 Å². The maximum absolute atomic E-state index is 12.3. The molecule has 1 aromatic carbocycles. The standard InChI is InChI=1S/C15H19Cl2NO3/c1-10-9-21-11(8-19)7-18(10)6-5-14(20)12-3-2-4-13(16)15(12)17/h2-4,10-11,19H,5-9H2,1H3. The van der Waals surface area contributed by atoms with Crippen molar-refractivity contribution in [2.45, 2.75) is 25.5 Å². The highest BCUT2D eigenvalue weighted by atomic mass is 35.5. The number of aliphatic hydroxyl groups excluding tert-OH is 1. The van der Waals surface area contributed by atoms with Crippen LogP contribution in [0.4, 0.5) is 0 Å². The van der Waals surface area contributed by atoms with Gasteiger partial charge in [0.05, 0.1) is 29.4 Å². The zero-order valence-electron chi connectivity index (χ0n) is 11.9. The molecule has 0 saturated carbocycles. The van der Waals surface area contributed by atoms with Crippen molar-refractivity contribution in [1.29, 1.82) is 0 Å². The number of benzene rings is 1. The molecule has 2 unspecified atom stereocenters. The molecule has 1 saturated heterocycles. The lowest BCUT2D eigenvalue weighted by atomic mass is 10.1. The summed E-state index contributed by atoms with van der Waals surface area (Å²) in [5, 5.41) is 9.87. The van der Waals surface area contributed by atoms with E-state index in [1.807, 2.05) is 6.92 Å². The molecule has 21 heavy (non-hydrogen) atoms. The van der Waals surface area contributed by atoms with Gasteiger partial charge in [0.1, 0.15) is 0 Å². The minimum atomic E-state index is -0.175. The van der Waals surface area contributed by atoms with Crippen LogP contribution in [0.5, 0.6) is 0 Å². The van der Waals surface area contributed by atoms with E-state index < -0.39 is 0 Å². The predicted molar refractivity (Wildman–Crippen MR) is 83.3 cm³/mol. The van der Waals surface area contributed by atoms with Gasteiger partial charge in [-0.25, -0.2) is 0 Å². The van der Waals surface area contributed by atoms with Crippen molar-refractivity contribution in [3.8, 4) is 0 Å². The molecule has 0 aromatic heterocycles. The van der Waals surface area contributed by atoms with Gasteiger partial charge in [0.15, 0.2) is 5.78 Å². The molecular weight excluding hydrogens is 313 g/mol. The number of hydrogen-bond donors (Lipinski definition) is 1. The molecule has 0 radical (unpaired) electrons. The van der Waals surface area contributed by atoms with Gasteiger partial charge in [0, 0.05) is 31.1 Å². The van der Waals surface area contributed by atoms with Gasteiger partial charge in [0.2, 0.25) is 0 Å². The fourth-order valence-electron chi connectivity index (χ4n) is 2.40. The Kier molecular flexibility index (Phi) is 6.02. The molecule has 1 aromatic rings. The van der Waals surface area contributed by atoms with Crippen molar-refractivity contribution in [3.05, 3.63) is 33.8 Å². The summed E-state index contributed by atoms with van der Waals surface area (Å²) in [5.41, 5.74) is 0.462. The molecule has 0 aliphatic carbocycles. The fraction of sp³-hybridized carbons (Fsp3) is 0.533. The van der Waals surface area contributed by atoms with Crippen LogP contribution in [-0.4, -0.2) is 54.2 Å². The van der Waals surface area contributed by atoms with Crippen LogP contribution in [-0.2, 0) is 4.74 Å². The summed E-state index contributed by atoms with van der Waals surface area (Å²) in [5.74, 6) is -0.0262. The van der Waals surface area contributed by atoms with Crippen LogP contribution in [0.25, 0.3) is 0 Å². The number of morpholine rings is 1. The van der Waals surface area contributed by atoms with Gasteiger partial charge in [-0.1, -0.05) is 29.3 Å². The number of nitrogens with zero attached hydrogens (tertiary/aromatic N) is 1. The van der Waals surface area contributed by atoms with E-state index in [0.29, 0.717) is 41.7 Å². The number of aliphatic hydroxyl groups is 1. The van der Waals surface area contributed by atoms with Crippen LogP contribution in [0.2, 0.25) is 10.0 Å². The van der Waals surface area contributed by atoms with Gasteiger partial charge in [-0.05, 0) is 19.1 Å². The van der Waals surface area contributed by atoms with E-state index in [0.717, 1.165) is 0 Å². The summed E-state index contributed by atoms with van der Waals surface area (Å²) in [7, 11) is 0. The second-order valence-electron chi connectivity index (χ2n) is 5.26. The highest BCUT2D eigenvalue weighted by Gasteiger charge is 2.26. The van der Waals surface area contributed by atoms with Crippen molar-refractivity contribution in [2.24, 2.45) is 0 Å². The second-order valence-corrected chi connectivity index (χ2v) is 6.04. The zero-order valence-corrected chi connectivity index (χ0v) is 13.4. The molecule has 1 N–H and O–H groups in total. The molecule has 0 amide bonds. The Balaban J connectivity index is 1.95. The van der Waals surface area contributed by atoms with Crippen molar-refractivity contribution in [2.75, 3.05) is 26.3 Å². The van der Waals surface area contributed by atoms with Crippen LogP contribution >= 0.6 is 23.2 Å². The summed E-state index contributed by atoms with van der Waals surface area (Å²) in [6.07, 6.45) is 0.189. The summed E-state index contributed by atoms with van der Waals surface area (Å²) < 4.78 is 5.48. The van der Waals surface area contributed by atoms with Crippen LogP contribution in [0, 0.1) is 0 Å². The second kappa shape index (κ2) is 7.56. The first-order chi connectivity index (χ1) is 10.0. The first kappa shape index (κ1) is 16.7. The van der Waals surface area contributed by atoms with Crippen LogP contribution in [0.3, 0.4) is 0 Å². The number of carbonyl (C=O) groups is 1. The predicted octanol–water partition coefficient (Wildman–Crippen LogP) is 2.65. The lowest BCUT2D eigenvalue weighted by Crippen LogP contribution is -2.49. The maximum atomic E-state index is 12.3. The van der Waals surface area contributed by atoms with Crippen molar-refractivity contribution >= 4 is 29.0 Å². The van der Waals surface area contributed by atoms with Crippen molar-refractivity contribution in [1.82, 2.24) is 4.90 Å². The van der Waals surface area contributed by atoms with E-state index in [1.54, 1.807) is 18.2 Å². The first-order valence-electron chi connectivity index (χ1n) is 6.96. The molecule has 0 bridgehead atoms. The molecule has 1 heterocycles. The molecule has 1 aliphatic rings. The van der Waals surface area contributed by atoms with E-state index in [1.165, 1.54) is 0 Å². The molecule has 4 nitrogen and oxygen atoms in total. The minimum absolute atomic E-state index is 0.00269. The SMILES string of the molecule is CC1COC(CO)CN1CCC(=O)c1cccc(Cl)c1Cl. The summed E-state index contributed by atoms with van der Waals surface area (Å²) in [6.45, 7) is 3.86. The van der Waals surface area contributed by atoms with Crippen LogP contribution in [0.15, 0.2) is 18.2 Å². The Morgan fingerprint density at radius 2 is 2.24 bits per heavy atom. The molecule has 2 rings (SSSR count). The lowest BCUT2D eigenvalue weighted by molar-refractivity contribution is -0.0772. The third-order valence-electron chi connectivity index (χ3n) is 3.72. The van der Waals surface area contributed by atoms with E-state index in [9.17, 15) is 4.79 Å². The highest BCUT2D eigenvalue weighted by Crippen LogP contribution is 2.26. The number of hydrogen-bond acceptors (Lipinski definition) is 4. The monoisotopic (exact) mass is 331 g/mol. The average Bonchev–Trinajstić information content (AvgIpc) is 2.49. The Morgan fingerprint density at radius 1 is 1.48 bits per heavy atom. The topological polar surface area (TPSA) is 49.8 Å². The van der Waals surface area contributed by atoms with Crippen LogP contribution < -0.4 is 0 Å². The Hall–Kier alpha value is -0.650. The minimum Gasteiger partial charge on any atom is -0.394 e. The quantitative estimate of drug-likeness (QED) is 0.843. The molecule has 6 heteroatoms. The average molecular weight is 332 g/mol. The van der Waals surface area contributed by atoms with Crippen molar-refractivity contribution < 1.29 is 14.6 Å². The van der Waals surface area contributed by atoms with E-state index >= 15 is 0 Å². The van der Waals surface area contributed by atoms with Gasteiger partial charge >= 0.3 is 0 Å². The lowest BCUT2D eigenvalue weighted by Gasteiger charge is -2.37. The van der Waals surface area contributed by atoms with Gasteiger partial charge in [0.25, 0.3) is 0 Å². The number of halogens is 2. The number of ketones is 1. The van der Waals surface area contributed by atoms with E-state index in [-0.39, 0.29) is 24.5 Å². The number of carbonyl (C=O) groups excluding carboxylic acids is 1. The third-order valence-corrected chi connectivity index (χ3v) is 4.54. The summed E-state index contributed by atoms with van der Waals surface area (Å²) in [4.78, 5) is 14.4. The molecule has 116 valence electrons. The Bertz CT molecular complexity index is 510. The first-order valence-corrected chi connectivity index (χ1v) is 7.72. The van der Waals surface area contributed by atoms with Gasteiger partial charge in [-0.2, -0.15) is 0 Å². The molecule has 1 aliphatic heterocycles. The Labute approximate surface area is 134 Å². The summed E-state index contributed by atoms with van der Waals surface area (Å²) in [6, 6.07) is 5.31. The molecular formula is C15H19Cl2NO3. The smallest absolute Gasteiger partial charge is 0.165 e. The number of rotatable bonds is 5. The number of Topliss-reactive ketones (excluding diaryl/α,β-unsaturated/α-hetero) is 1. The zero-order chi connectivity index (χ0) is 15.4. The highest BCUT2D eigenvalue weighted by molar-refractivity contribution is 6.43. The molecule has 0 spiro atoms. The Morgan fingerprint density at radius 3 is 2.95 bits per heavy atom. The molecule has 2 atom stereocenters. The third kappa shape index (κ3) is 4.18. The fourth-order valence-corrected chi connectivity index (χ4v) is 2.80. The van der Waals surface area contributed by atoms with Crippen LogP contribution in [0.1, 0.15) is 23.7 Å².